The van der Waals surface area contributed by atoms with E-state index in [0.29, 0.717) is 0 Å². The number of hydrogen-bond acceptors (Lipinski definition) is 2. The van der Waals surface area contributed by atoms with Crippen molar-refractivity contribution in [2.45, 2.75) is 13.0 Å². The molecule has 0 aliphatic carbocycles. The van der Waals surface area contributed by atoms with Crippen LogP contribution in [0.5, 0.6) is 0 Å². The molecule has 0 spiro atoms. The SMILES string of the molecule is C=C(C)C(N)c1cc(Br)co1. The zero-order valence-corrected chi connectivity index (χ0v) is 7.89. The summed E-state index contributed by atoms with van der Waals surface area (Å²) >= 11 is 3.27. The minimum Gasteiger partial charge on any atom is -0.466 e. The molecular weight excluding hydrogens is 206 g/mol. The van der Waals surface area contributed by atoms with Crippen LogP contribution in [0.4, 0.5) is 0 Å². The molecule has 2 N–H and O–H groups in total. The molecule has 0 saturated carbocycles. The number of rotatable bonds is 2. The van der Waals surface area contributed by atoms with Gasteiger partial charge in [-0.3, -0.25) is 0 Å². The van der Waals surface area contributed by atoms with Crippen LogP contribution < -0.4 is 5.73 Å². The summed E-state index contributed by atoms with van der Waals surface area (Å²) in [5.74, 6) is 0.740. The third-order valence-corrected chi connectivity index (χ3v) is 1.84. The third-order valence-electron chi connectivity index (χ3n) is 1.43. The van der Waals surface area contributed by atoms with Crippen LogP contribution in [0.15, 0.2) is 33.4 Å². The molecule has 1 aromatic rings. The van der Waals surface area contributed by atoms with E-state index in [1.165, 1.54) is 0 Å². The van der Waals surface area contributed by atoms with Gasteiger partial charge in [0.2, 0.25) is 0 Å². The smallest absolute Gasteiger partial charge is 0.125 e. The molecule has 0 amide bonds. The molecule has 0 fully saturated rings. The topological polar surface area (TPSA) is 39.2 Å². The van der Waals surface area contributed by atoms with Gasteiger partial charge in [0.25, 0.3) is 0 Å². The van der Waals surface area contributed by atoms with Crippen LogP contribution in [0.2, 0.25) is 0 Å². The van der Waals surface area contributed by atoms with E-state index >= 15 is 0 Å². The molecule has 1 atom stereocenters. The Bertz CT molecular complexity index is 267. The zero-order chi connectivity index (χ0) is 8.43. The molecule has 60 valence electrons. The second-order valence-corrected chi connectivity index (χ2v) is 3.41. The summed E-state index contributed by atoms with van der Waals surface area (Å²) in [6.45, 7) is 5.62. The average molecular weight is 216 g/mol. The Morgan fingerprint density at radius 2 is 2.45 bits per heavy atom. The highest BCUT2D eigenvalue weighted by molar-refractivity contribution is 9.10. The fraction of sp³-hybridized carbons (Fsp3) is 0.250. The van der Waals surface area contributed by atoms with Crippen molar-refractivity contribution in [2.75, 3.05) is 0 Å². The van der Waals surface area contributed by atoms with E-state index in [9.17, 15) is 0 Å². The molecule has 2 nitrogen and oxygen atoms in total. The summed E-state index contributed by atoms with van der Waals surface area (Å²) in [5.41, 5.74) is 6.63. The third kappa shape index (κ3) is 1.94. The van der Waals surface area contributed by atoms with Gasteiger partial charge in [-0.1, -0.05) is 12.2 Å². The minimum absolute atomic E-state index is 0.193. The second-order valence-electron chi connectivity index (χ2n) is 2.49. The lowest BCUT2D eigenvalue weighted by Gasteiger charge is -2.05. The summed E-state index contributed by atoms with van der Waals surface area (Å²) in [4.78, 5) is 0. The van der Waals surface area contributed by atoms with Crippen molar-refractivity contribution in [2.24, 2.45) is 5.73 Å². The van der Waals surface area contributed by atoms with E-state index in [0.717, 1.165) is 15.8 Å². The van der Waals surface area contributed by atoms with E-state index < -0.39 is 0 Å². The van der Waals surface area contributed by atoms with Crippen LogP contribution >= 0.6 is 15.9 Å². The molecule has 3 heteroatoms. The van der Waals surface area contributed by atoms with E-state index in [2.05, 4.69) is 22.5 Å². The lowest BCUT2D eigenvalue weighted by molar-refractivity contribution is 0.487. The van der Waals surface area contributed by atoms with Gasteiger partial charge in [0.1, 0.15) is 12.0 Å². The largest absolute Gasteiger partial charge is 0.466 e. The first kappa shape index (κ1) is 8.56. The molecule has 1 rings (SSSR count). The number of nitrogens with two attached hydrogens (primary N) is 1. The highest BCUT2D eigenvalue weighted by Gasteiger charge is 2.09. The molecule has 0 aliphatic heterocycles. The molecule has 11 heavy (non-hydrogen) atoms. The van der Waals surface area contributed by atoms with Gasteiger partial charge >= 0.3 is 0 Å². The van der Waals surface area contributed by atoms with Gasteiger partial charge in [-0.05, 0) is 28.9 Å². The standard InChI is InChI=1S/C8H10BrNO/c1-5(2)8(10)7-3-6(9)4-11-7/h3-4,8H,1,10H2,2H3. The van der Waals surface area contributed by atoms with E-state index in [-0.39, 0.29) is 6.04 Å². The van der Waals surface area contributed by atoms with Crippen LogP contribution in [0.3, 0.4) is 0 Å². The molecule has 0 aromatic carbocycles. The Kier molecular flexibility index (Phi) is 2.52. The van der Waals surface area contributed by atoms with Crippen LogP contribution in [0, 0.1) is 0 Å². The van der Waals surface area contributed by atoms with Crippen LogP contribution in [0.25, 0.3) is 0 Å². The molecule has 0 saturated heterocycles. The van der Waals surface area contributed by atoms with Crippen LogP contribution in [0.1, 0.15) is 18.7 Å². The Hall–Kier alpha value is -0.540. The maximum atomic E-state index is 5.74. The van der Waals surface area contributed by atoms with Gasteiger partial charge in [-0.25, -0.2) is 0 Å². The van der Waals surface area contributed by atoms with Crippen molar-refractivity contribution < 1.29 is 4.42 Å². The van der Waals surface area contributed by atoms with Gasteiger partial charge < -0.3 is 10.2 Å². The first-order valence-electron chi connectivity index (χ1n) is 3.26. The zero-order valence-electron chi connectivity index (χ0n) is 6.30. The average Bonchev–Trinajstić information content (AvgIpc) is 2.34. The molecule has 0 radical (unpaired) electrons. The molecular formula is C8H10BrNO. The molecule has 0 bridgehead atoms. The maximum Gasteiger partial charge on any atom is 0.125 e. The first-order chi connectivity index (χ1) is 5.11. The predicted octanol–water partition coefficient (Wildman–Crippen LogP) is 2.62. The quantitative estimate of drug-likeness (QED) is 0.771. The lowest BCUT2D eigenvalue weighted by Crippen LogP contribution is -2.09. The maximum absolute atomic E-state index is 5.74. The van der Waals surface area contributed by atoms with E-state index in [1.807, 2.05) is 13.0 Å². The van der Waals surface area contributed by atoms with Gasteiger partial charge in [0, 0.05) is 0 Å². The second kappa shape index (κ2) is 3.24. The van der Waals surface area contributed by atoms with Crippen molar-refractivity contribution >= 4 is 15.9 Å². The van der Waals surface area contributed by atoms with Crippen molar-refractivity contribution in [1.82, 2.24) is 0 Å². The normalized spacial score (nSPS) is 13.0. The number of hydrogen-bond donors (Lipinski definition) is 1. The molecule has 1 aromatic heterocycles. The Balaban J connectivity index is 2.84. The van der Waals surface area contributed by atoms with Crippen LogP contribution in [-0.4, -0.2) is 0 Å². The van der Waals surface area contributed by atoms with E-state index in [4.69, 9.17) is 10.2 Å². The van der Waals surface area contributed by atoms with Gasteiger partial charge in [-0.15, -0.1) is 0 Å². The van der Waals surface area contributed by atoms with Gasteiger partial charge in [0.05, 0.1) is 10.5 Å². The van der Waals surface area contributed by atoms with Crippen molar-refractivity contribution in [1.29, 1.82) is 0 Å². The Morgan fingerprint density at radius 3 is 2.82 bits per heavy atom. The fourth-order valence-corrected chi connectivity index (χ4v) is 1.05. The van der Waals surface area contributed by atoms with Gasteiger partial charge in [0.15, 0.2) is 0 Å². The molecule has 1 unspecified atom stereocenters. The fourth-order valence-electron chi connectivity index (χ4n) is 0.734. The summed E-state index contributed by atoms with van der Waals surface area (Å²) in [6, 6.07) is 1.65. The summed E-state index contributed by atoms with van der Waals surface area (Å²) < 4.78 is 6.06. The molecule has 0 aliphatic rings. The monoisotopic (exact) mass is 215 g/mol. The summed E-state index contributed by atoms with van der Waals surface area (Å²) in [5, 5.41) is 0. The van der Waals surface area contributed by atoms with Crippen molar-refractivity contribution in [3.05, 3.63) is 34.7 Å². The predicted molar refractivity (Wildman–Crippen MR) is 48.2 cm³/mol. The number of furan rings is 1. The highest BCUT2D eigenvalue weighted by Crippen LogP contribution is 2.22. The highest BCUT2D eigenvalue weighted by atomic mass is 79.9. The molecule has 1 heterocycles. The summed E-state index contributed by atoms with van der Waals surface area (Å²) in [6.07, 6.45) is 1.61. The first-order valence-corrected chi connectivity index (χ1v) is 4.05. The Labute approximate surface area is 74.2 Å². The van der Waals surface area contributed by atoms with Crippen LogP contribution in [-0.2, 0) is 0 Å². The van der Waals surface area contributed by atoms with Gasteiger partial charge in [-0.2, -0.15) is 0 Å². The Morgan fingerprint density at radius 1 is 1.82 bits per heavy atom. The summed E-state index contributed by atoms with van der Waals surface area (Å²) in [7, 11) is 0. The lowest BCUT2D eigenvalue weighted by atomic mass is 10.1. The van der Waals surface area contributed by atoms with Crippen molar-refractivity contribution in [3.63, 3.8) is 0 Å². The van der Waals surface area contributed by atoms with E-state index in [1.54, 1.807) is 6.26 Å². The number of halogens is 1. The minimum atomic E-state index is -0.193. The van der Waals surface area contributed by atoms with Crippen molar-refractivity contribution in [3.8, 4) is 0 Å².